The summed E-state index contributed by atoms with van der Waals surface area (Å²) in [5.41, 5.74) is 2.28. The van der Waals surface area contributed by atoms with Gasteiger partial charge in [-0.1, -0.05) is 44.8 Å². The molecular formula is C10H10Br2O2. The summed E-state index contributed by atoms with van der Waals surface area (Å²) >= 11 is 6.72. The minimum atomic E-state index is -0.886. The average Bonchev–Trinajstić information content (AvgIpc) is 2.17. The maximum absolute atomic E-state index is 10.9. The van der Waals surface area contributed by atoms with Crippen LogP contribution in [0, 0.1) is 0 Å². The Hall–Kier alpha value is -0.350. The first-order chi connectivity index (χ1) is 6.61. The first kappa shape index (κ1) is 11.7. The van der Waals surface area contributed by atoms with Crippen molar-refractivity contribution in [3.05, 3.63) is 33.3 Å². The minimum Gasteiger partial charge on any atom is -0.478 e. The van der Waals surface area contributed by atoms with Gasteiger partial charge in [0, 0.05) is 9.80 Å². The lowest BCUT2D eigenvalue weighted by Gasteiger charge is -2.09. The van der Waals surface area contributed by atoms with Gasteiger partial charge < -0.3 is 5.11 Å². The summed E-state index contributed by atoms with van der Waals surface area (Å²) in [6.07, 6.45) is 0.889. The van der Waals surface area contributed by atoms with E-state index >= 15 is 0 Å². The Morgan fingerprint density at radius 1 is 1.50 bits per heavy atom. The van der Waals surface area contributed by atoms with E-state index in [4.69, 9.17) is 5.11 Å². The fraction of sp³-hybridized carbons (Fsp3) is 0.300. The van der Waals surface area contributed by atoms with Crippen LogP contribution in [0.3, 0.4) is 0 Å². The Labute approximate surface area is 99.6 Å². The average molecular weight is 322 g/mol. The highest BCUT2D eigenvalue weighted by Crippen LogP contribution is 2.27. The molecule has 0 heterocycles. The minimum absolute atomic E-state index is 0.353. The molecule has 1 aromatic carbocycles. The zero-order valence-corrected chi connectivity index (χ0v) is 10.9. The SMILES string of the molecule is CCc1ccc(C(=O)O)c(CBr)c1Br. The topological polar surface area (TPSA) is 37.3 Å². The van der Waals surface area contributed by atoms with Crippen LogP contribution in [0.5, 0.6) is 0 Å². The number of carboxylic acids is 1. The lowest BCUT2D eigenvalue weighted by Crippen LogP contribution is -2.03. The van der Waals surface area contributed by atoms with Gasteiger partial charge >= 0.3 is 5.97 Å². The lowest BCUT2D eigenvalue weighted by molar-refractivity contribution is 0.0696. The van der Waals surface area contributed by atoms with Gasteiger partial charge in [0.05, 0.1) is 5.56 Å². The largest absolute Gasteiger partial charge is 0.478 e. The van der Waals surface area contributed by atoms with E-state index in [1.807, 2.05) is 13.0 Å². The van der Waals surface area contributed by atoms with Crippen LogP contribution in [0.15, 0.2) is 16.6 Å². The molecule has 0 aromatic heterocycles. The quantitative estimate of drug-likeness (QED) is 0.864. The molecule has 0 bridgehead atoms. The maximum atomic E-state index is 10.9. The van der Waals surface area contributed by atoms with E-state index in [2.05, 4.69) is 31.9 Å². The predicted octanol–water partition coefficient (Wildman–Crippen LogP) is 3.60. The van der Waals surface area contributed by atoms with E-state index in [0.717, 1.165) is 22.0 Å². The van der Waals surface area contributed by atoms with Crippen molar-refractivity contribution in [3.8, 4) is 0 Å². The second-order valence-electron chi connectivity index (χ2n) is 2.86. The van der Waals surface area contributed by atoms with Crippen LogP contribution < -0.4 is 0 Å². The van der Waals surface area contributed by atoms with Crippen LogP contribution in [0.1, 0.15) is 28.4 Å². The van der Waals surface area contributed by atoms with Crippen molar-refractivity contribution in [1.29, 1.82) is 0 Å². The van der Waals surface area contributed by atoms with Crippen molar-refractivity contribution in [2.75, 3.05) is 0 Å². The van der Waals surface area contributed by atoms with Gasteiger partial charge in [-0.15, -0.1) is 0 Å². The van der Waals surface area contributed by atoms with Crippen LogP contribution in [0.25, 0.3) is 0 Å². The second-order valence-corrected chi connectivity index (χ2v) is 4.21. The molecule has 0 spiro atoms. The van der Waals surface area contributed by atoms with Crippen LogP contribution in [0.2, 0.25) is 0 Å². The van der Waals surface area contributed by atoms with E-state index in [1.165, 1.54) is 0 Å². The van der Waals surface area contributed by atoms with Crippen LogP contribution in [-0.4, -0.2) is 11.1 Å². The zero-order valence-electron chi connectivity index (χ0n) is 7.68. The summed E-state index contributed by atoms with van der Waals surface area (Å²) in [5.74, 6) is -0.886. The second kappa shape index (κ2) is 4.94. The molecule has 4 heteroatoms. The third-order valence-corrected chi connectivity index (χ3v) is 3.62. The number of benzene rings is 1. The molecule has 0 aliphatic heterocycles. The van der Waals surface area contributed by atoms with E-state index < -0.39 is 5.97 Å². The number of hydrogen-bond donors (Lipinski definition) is 1. The number of aryl methyl sites for hydroxylation is 1. The Balaban J connectivity index is 3.35. The number of hydrogen-bond acceptors (Lipinski definition) is 1. The molecule has 0 radical (unpaired) electrons. The summed E-state index contributed by atoms with van der Waals surface area (Å²) in [6, 6.07) is 3.50. The smallest absolute Gasteiger partial charge is 0.336 e. The van der Waals surface area contributed by atoms with Crippen molar-refractivity contribution in [3.63, 3.8) is 0 Å². The Bertz CT molecular complexity index is 361. The molecule has 0 saturated carbocycles. The highest BCUT2D eigenvalue weighted by Gasteiger charge is 2.14. The predicted molar refractivity (Wildman–Crippen MR) is 63.1 cm³/mol. The van der Waals surface area contributed by atoms with Gasteiger partial charge in [0.2, 0.25) is 0 Å². The third-order valence-electron chi connectivity index (χ3n) is 2.07. The van der Waals surface area contributed by atoms with E-state index in [1.54, 1.807) is 6.07 Å². The summed E-state index contributed by atoms with van der Waals surface area (Å²) in [7, 11) is 0. The number of carbonyl (C=O) groups is 1. The number of rotatable bonds is 3. The molecule has 0 saturated heterocycles. The monoisotopic (exact) mass is 320 g/mol. The van der Waals surface area contributed by atoms with E-state index in [-0.39, 0.29) is 0 Å². The normalized spacial score (nSPS) is 10.2. The summed E-state index contributed by atoms with van der Waals surface area (Å²) < 4.78 is 0.900. The van der Waals surface area contributed by atoms with Crippen molar-refractivity contribution in [2.24, 2.45) is 0 Å². The molecule has 14 heavy (non-hydrogen) atoms. The lowest BCUT2D eigenvalue weighted by atomic mass is 10.0. The molecule has 0 aliphatic rings. The molecular weight excluding hydrogens is 312 g/mol. The zero-order chi connectivity index (χ0) is 10.7. The number of halogens is 2. The summed E-state index contributed by atoms with van der Waals surface area (Å²) in [6.45, 7) is 2.04. The Morgan fingerprint density at radius 3 is 2.57 bits per heavy atom. The molecule has 1 N–H and O–H groups in total. The molecule has 2 nitrogen and oxygen atoms in total. The van der Waals surface area contributed by atoms with E-state index in [9.17, 15) is 4.79 Å². The molecule has 1 rings (SSSR count). The van der Waals surface area contributed by atoms with Crippen molar-refractivity contribution in [1.82, 2.24) is 0 Å². The van der Waals surface area contributed by atoms with Gasteiger partial charge in [0.15, 0.2) is 0 Å². The van der Waals surface area contributed by atoms with Gasteiger partial charge in [0.25, 0.3) is 0 Å². The first-order valence-electron chi connectivity index (χ1n) is 4.21. The van der Waals surface area contributed by atoms with Gasteiger partial charge in [-0.3, -0.25) is 0 Å². The molecule has 76 valence electrons. The van der Waals surface area contributed by atoms with Gasteiger partial charge in [-0.2, -0.15) is 0 Å². The van der Waals surface area contributed by atoms with Crippen molar-refractivity contribution < 1.29 is 9.90 Å². The maximum Gasteiger partial charge on any atom is 0.336 e. The molecule has 0 atom stereocenters. The number of alkyl halides is 1. The molecule has 0 fully saturated rings. The fourth-order valence-electron chi connectivity index (χ4n) is 1.27. The molecule has 0 amide bonds. The van der Waals surface area contributed by atoms with Crippen LogP contribution >= 0.6 is 31.9 Å². The Morgan fingerprint density at radius 2 is 2.14 bits per heavy atom. The summed E-state index contributed by atoms with van der Waals surface area (Å²) in [5, 5.41) is 9.49. The standard InChI is InChI=1S/C10H10Br2O2/c1-2-6-3-4-7(10(13)14)8(5-11)9(6)12/h3-4H,2,5H2,1H3,(H,13,14). The van der Waals surface area contributed by atoms with Gasteiger partial charge in [0.1, 0.15) is 0 Å². The van der Waals surface area contributed by atoms with Crippen LogP contribution in [-0.2, 0) is 11.8 Å². The van der Waals surface area contributed by atoms with Gasteiger partial charge in [-0.25, -0.2) is 4.79 Å². The van der Waals surface area contributed by atoms with Gasteiger partial charge in [-0.05, 0) is 23.6 Å². The number of carboxylic acid groups (broad SMARTS) is 1. The Kier molecular flexibility index (Phi) is 4.13. The summed E-state index contributed by atoms with van der Waals surface area (Å²) in [4.78, 5) is 10.9. The third kappa shape index (κ3) is 2.17. The van der Waals surface area contributed by atoms with Crippen LogP contribution in [0.4, 0.5) is 0 Å². The number of aromatic carboxylic acids is 1. The van der Waals surface area contributed by atoms with E-state index in [0.29, 0.717) is 10.9 Å². The highest BCUT2D eigenvalue weighted by atomic mass is 79.9. The first-order valence-corrected chi connectivity index (χ1v) is 6.12. The molecule has 1 aromatic rings. The fourth-order valence-corrected chi connectivity index (χ4v) is 3.00. The molecule has 0 unspecified atom stereocenters. The van der Waals surface area contributed by atoms with Crippen molar-refractivity contribution >= 4 is 37.8 Å². The van der Waals surface area contributed by atoms with Crippen molar-refractivity contribution in [2.45, 2.75) is 18.7 Å². The highest BCUT2D eigenvalue weighted by molar-refractivity contribution is 9.10. The molecule has 0 aliphatic carbocycles.